The highest BCUT2D eigenvalue weighted by Crippen LogP contribution is 2.23. The number of carbonyl (C=O) groups is 1. The van der Waals surface area contributed by atoms with E-state index < -0.39 is 0 Å². The van der Waals surface area contributed by atoms with Crippen molar-refractivity contribution in [1.29, 1.82) is 0 Å². The zero-order chi connectivity index (χ0) is 15.5. The van der Waals surface area contributed by atoms with Gasteiger partial charge in [-0.15, -0.1) is 0 Å². The number of rotatable bonds is 4. The van der Waals surface area contributed by atoms with Crippen molar-refractivity contribution in [2.45, 2.75) is 18.9 Å². The number of aromatic nitrogens is 1. The molecule has 2 aromatic rings. The van der Waals surface area contributed by atoms with Crippen molar-refractivity contribution >= 4 is 28.4 Å². The molecule has 2 N–H and O–H groups in total. The van der Waals surface area contributed by atoms with Gasteiger partial charge in [0.25, 0.3) is 0 Å². The highest BCUT2D eigenvalue weighted by Gasteiger charge is 2.27. The van der Waals surface area contributed by atoms with E-state index >= 15 is 0 Å². The highest BCUT2D eigenvalue weighted by molar-refractivity contribution is 6.31. The van der Waals surface area contributed by atoms with Gasteiger partial charge in [-0.1, -0.05) is 17.7 Å². The number of ether oxygens (including phenoxy) is 1. The standard InChI is InChI=1S/C16H19ClN2O3/c17-12-1-2-14-11(9-18-15(14)8-12)7-16(21)19-4-6-22-10-13(19)3-5-20/h1-2,8-9,13,18,20H,3-7,10H2. The third-order valence-electron chi connectivity index (χ3n) is 4.08. The first-order chi connectivity index (χ1) is 10.7. The Morgan fingerprint density at radius 3 is 3.18 bits per heavy atom. The van der Waals surface area contributed by atoms with Gasteiger partial charge < -0.3 is 19.7 Å². The van der Waals surface area contributed by atoms with Crippen LogP contribution in [0.2, 0.25) is 5.02 Å². The predicted molar refractivity (Wildman–Crippen MR) is 85.0 cm³/mol. The number of nitrogens with one attached hydrogen (secondary N) is 1. The number of carbonyl (C=O) groups excluding carboxylic acids is 1. The van der Waals surface area contributed by atoms with Crippen LogP contribution in [0.3, 0.4) is 0 Å². The molecule has 2 heterocycles. The van der Waals surface area contributed by atoms with Crippen molar-refractivity contribution in [3.05, 3.63) is 35.0 Å². The van der Waals surface area contributed by atoms with E-state index in [1.165, 1.54) is 0 Å². The highest BCUT2D eigenvalue weighted by atomic mass is 35.5. The normalized spacial score (nSPS) is 18.8. The molecule has 1 aromatic carbocycles. The largest absolute Gasteiger partial charge is 0.396 e. The van der Waals surface area contributed by atoms with Crippen molar-refractivity contribution < 1.29 is 14.6 Å². The number of benzene rings is 1. The number of aromatic amines is 1. The van der Waals surface area contributed by atoms with Crippen LogP contribution in [0.25, 0.3) is 10.9 Å². The van der Waals surface area contributed by atoms with Crippen LogP contribution >= 0.6 is 11.6 Å². The minimum Gasteiger partial charge on any atom is -0.396 e. The molecule has 0 saturated carbocycles. The summed E-state index contributed by atoms with van der Waals surface area (Å²) in [5.41, 5.74) is 1.90. The lowest BCUT2D eigenvalue weighted by atomic mass is 10.1. The number of hydrogen-bond donors (Lipinski definition) is 2. The van der Waals surface area contributed by atoms with Crippen molar-refractivity contribution in [2.24, 2.45) is 0 Å². The van der Waals surface area contributed by atoms with E-state index in [1.54, 1.807) is 0 Å². The van der Waals surface area contributed by atoms with Gasteiger partial charge in [-0.25, -0.2) is 0 Å². The second-order valence-electron chi connectivity index (χ2n) is 5.51. The smallest absolute Gasteiger partial charge is 0.227 e. The monoisotopic (exact) mass is 322 g/mol. The average Bonchev–Trinajstić information content (AvgIpc) is 2.90. The second-order valence-corrected chi connectivity index (χ2v) is 5.95. The first-order valence-corrected chi connectivity index (χ1v) is 7.80. The quantitative estimate of drug-likeness (QED) is 0.904. The number of fused-ring (bicyclic) bond motifs is 1. The Balaban J connectivity index is 1.77. The van der Waals surface area contributed by atoms with Crippen molar-refractivity contribution in [2.75, 3.05) is 26.4 Å². The molecule has 22 heavy (non-hydrogen) atoms. The molecule has 0 radical (unpaired) electrons. The summed E-state index contributed by atoms with van der Waals surface area (Å²) in [6.45, 7) is 1.69. The maximum absolute atomic E-state index is 12.6. The third-order valence-corrected chi connectivity index (χ3v) is 4.32. The molecule has 1 unspecified atom stereocenters. The summed E-state index contributed by atoms with van der Waals surface area (Å²) < 4.78 is 5.41. The van der Waals surface area contributed by atoms with Gasteiger partial charge in [-0.2, -0.15) is 0 Å². The molecule has 1 aliphatic rings. The molecule has 6 heteroatoms. The van der Waals surface area contributed by atoms with Crippen LogP contribution in [0.5, 0.6) is 0 Å². The van der Waals surface area contributed by atoms with E-state index in [-0.39, 0.29) is 18.6 Å². The maximum atomic E-state index is 12.6. The molecule has 0 aliphatic carbocycles. The summed E-state index contributed by atoms with van der Waals surface area (Å²) in [6, 6.07) is 5.58. The van der Waals surface area contributed by atoms with Crippen molar-refractivity contribution in [1.82, 2.24) is 9.88 Å². The molecular formula is C16H19ClN2O3. The summed E-state index contributed by atoms with van der Waals surface area (Å²) in [5.74, 6) is 0.0672. The van der Waals surface area contributed by atoms with Gasteiger partial charge in [0.2, 0.25) is 5.91 Å². The van der Waals surface area contributed by atoms with Gasteiger partial charge >= 0.3 is 0 Å². The SMILES string of the molecule is O=C(Cc1c[nH]c2cc(Cl)ccc12)N1CCOCC1CCO. The Labute approximate surface area is 133 Å². The first kappa shape index (κ1) is 15.3. The fourth-order valence-corrected chi connectivity index (χ4v) is 3.11. The van der Waals surface area contributed by atoms with E-state index in [0.29, 0.717) is 37.6 Å². The van der Waals surface area contributed by atoms with Crippen LogP contribution in [0.4, 0.5) is 0 Å². The van der Waals surface area contributed by atoms with E-state index in [4.69, 9.17) is 21.4 Å². The molecular weight excluding hydrogens is 304 g/mol. The zero-order valence-electron chi connectivity index (χ0n) is 12.2. The minimum atomic E-state index is -0.0362. The van der Waals surface area contributed by atoms with Crippen LogP contribution in [0.15, 0.2) is 24.4 Å². The number of morpholine rings is 1. The van der Waals surface area contributed by atoms with Crippen molar-refractivity contribution in [3.8, 4) is 0 Å². The van der Waals surface area contributed by atoms with Crippen molar-refractivity contribution in [3.63, 3.8) is 0 Å². The van der Waals surface area contributed by atoms with Crippen LogP contribution in [-0.2, 0) is 16.0 Å². The molecule has 5 nitrogen and oxygen atoms in total. The number of nitrogens with zero attached hydrogens (tertiary/aromatic N) is 1. The van der Waals surface area contributed by atoms with Crippen LogP contribution < -0.4 is 0 Å². The number of aliphatic hydroxyl groups is 1. The fourth-order valence-electron chi connectivity index (χ4n) is 2.94. The molecule has 0 spiro atoms. The number of halogens is 1. The predicted octanol–water partition coefficient (Wildman–Crippen LogP) is 1.97. The molecule has 1 aromatic heterocycles. The molecule has 118 valence electrons. The van der Waals surface area contributed by atoms with E-state index in [2.05, 4.69) is 4.98 Å². The van der Waals surface area contributed by atoms with Crippen LogP contribution in [-0.4, -0.2) is 53.3 Å². The summed E-state index contributed by atoms with van der Waals surface area (Å²) >= 11 is 5.98. The van der Waals surface area contributed by atoms with E-state index in [9.17, 15) is 4.79 Å². The van der Waals surface area contributed by atoms with Gasteiger partial charge in [0.15, 0.2) is 0 Å². The van der Waals surface area contributed by atoms with Gasteiger partial charge in [-0.3, -0.25) is 4.79 Å². The Hall–Kier alpha value is -1.56. The van der Waals surface area contributed by atoms with Crippen LogP contribution in [0.1, 0.15) is 12.0 Å². The molecule has 1 atom stereocenters. The van der Waals surface area contributed by atoms with E-state index in [0.717, 1.165) is 16.5 Å². The topological polar surface area (TPSA) is 65.6 Å². The second kappa shape index (κ2) is 6.69. The van der Waals surface area contributed by atoms with Gasteiger partial charge in [-0.05, 0) is 24.1 Å². The van der Waals surface area contributed by atoms with Gasteiger partial charge in [0.1, 0.15) is 0 Å². The lowest BCUT2D eigenvalue weighted by Crippen LogP contribution is -2.49. The summed E-state index contributed by atoms with van der Waals surface area (Å²) in [5, 5.41) is 10.8. The molecule has 0 bridgehead atoms. The molecule has 1 amide bonds. The lowest BCUT2D eigenvalue weighted by molar-refractivity contribution is -0.139. The van der Waals surface area contributed by atoms with Gasteiger partial charge in [0, 0.05) is 35.3 Å². The Kier molecular flexibility index (Phi) is 4.66. The molecule has 1 saturated heterocycles. The van der Waals surface area contributed by atoms with Gasteiger partial charge in [0.05, 0.1) is 25.7 Å². The Morgan fingerprint density at radius 2 is 2.36 bits per heavy atom. The number of hydrogen-bond acceptors (Lipinski definition) is 3. The minimum absolute atomic E-state index is 0.0362. The first-order valence-electron chi connectivity index (χ1n) is 7.42. The molecule has 3 rings (SSSR count). The molecule has 1 aliphatic heterocycles. The average molecular weight is 323 g/mol. The summed E-state index contributed by atoms with van der Waals surface area (Å²) in [4.78, 5) is 17.6. The number of aliphatic hydroxyl groups excluding tert-OH is 1. The Bertz CT molecular complexity index is 668. The third kappa shape index (κ3) is 3.11. The van der Waals surface area contributed by atoms with Crippen LogP contribution in [0, 0.1) is 0 Å². The zero-order valence-corrected chi connectivity index (χ0v) is 13.0. The summed E-state index contributed by atoms with van der Waals surface area (Å²) in [6.07, 6.45) is 2.75. The molecule has 1 fully saturated rings. The lowest BCUT2D eigenvalue weighted by Gasteiger charge is -2.35. The Morgan fingerprint density at radius 1 is 1.50 bits per heavy atom. The summed E-state index contributed by atoms with van der Waals surface area (Å²) in [7, 11) is 0. The number of amides is 1. The number of H-pyrrole nitrogens is 1. The van der Waals surface area contributed by atoms with E-state index in [1.807, 2.05) is 29.3 Å². The fraction of sp³-hybridized carbons (Fsp3) is 0.438. The maximum Gasteiger partial charge on any atom is 0.227 e.